The Morgan fingerprint density at radius 1 is 1.36 bits per heavy atom. The predicted molar refractivity (Wildman–Crippen MR) is 80.2 cm³/mol. The highest BCUT2D eigenvalue weighted by atomic mass is 32.1. The molecule has 5 nitrogen and oxygen atoms in total. The highest BCUT2D eigenvalue weighted by Crippen LogP contribution is 2.25. The first kappa shape index (κ1) is 14.6. The molecule has 0 unspecified atom stereocenters. The van der Waals surface area contributed by atoms with Crippen LogP contribution in [-0.2, 0) is 11.3 Å². The summed E-state index contributed by atoms with van der Waals surface area (Å²) >= 11 is 0.675. The maximum absolute atomic E-state index is 12.4. The number of hydrogen-bond donors (Lipinski definition) is 1. The van der Waals surface area contributed by atoms with Crippen molar-refractivity contribution in [3.63, 3.8) is 0 Å². The number of nitrogens with zero attached hydrogens (tertiary/aromatic N) is 3. The lowest BCUT2D eigenvalue weighted by Crippen LogP contribution is -2.18. The molecular formula is C14H12F2N4OS. The number of nitrogens with one attached hydrogen (secondary N) is 1. The van der Waals surface area contributed by atoms with E-state index < -0.39 is 11.4 Å². The van der Waals surface area contributed by atoms with Crippen molar-refractivity contribution in [2.45, 2.75) is 19.9 Å². The van der Waals surface area contributed by atoms with Gasteiger partial charge < -0.3 is 4.57 Å². The standard InChI is InChI=1S/C14H12F2N4OS/c1-8-6-20(10-5-3-2-4-9(8)10)7-11(21)17-14-19-18-13(22-14)12(15)16/h2-6,12H,7H2,1H3,(H,17,19,21). The van der Waals surface area contributed by atoms with E-state index in [9.17, 15) is 13.6 Å². The Hall–Kier alpha value is -2.35. The molecule has 3 aromatic rings. The van der Waals surface area contributed by atoms with E-state index in [1.807, 2.05) is 42.0 Å². The van der Waals surface area contributed by atoms with Crippen molar-refractivity contribution in [3.8, 4) is 0 Å². The predicted octanol–water partition coefficient (Wildman–Crippen LogP) is 3.38. The van der Waals surface area contributed by atoms with E-state index >= 15 is 0 Å². The number of para-hydroxylation sites is 1. The van der Waals surface area contributed by atoms with Crippen LogP contribution < -0.4 is 5.32 Å². The van der Waals surface area contributed by atoms with E-state index in [2.05, 4.69) is 15.5 Å². The van der Waals surface area contributed by atoms with Crippen molar-refractivity contribution in [2.75, 3.05) is 5.32 Å². The number of amides is 1. The van der Waals surface area contributed by atoms with Gasteiger partial charge in [-0.3, -0.25) is 10.1 Å². The minimum Gasteiger partial charge on any atom is -0.338 e. The van der Waals surface area contributed by atoms with Crippen molar-refractivity contribution in [2.24, 2.45) is 0 Å². The SMILES string of the molecule is Cc1cn(CC(=O)Nc2nnc(C(F)F)s2)c2ccccc12. The summed E-state index contributed by atoms with van der Waals surface area (Å²) in [5, 5.41) is 10.1. The van der Waals surface area contributed by atoms with E-state index in [4.69, 9.17) is 0 Å². The van der Waals surface area contributed by atoms with Gasteiger partial charge in [0.2, 0.25) is 11.0 Å². The fraction of sp³-hybridized carbons (Fsp3) is 0.214. The van der Waals surface area contributed by atoms with Crippen LogP contribution in [0.5, 0.6) is 0 Å². The van der Waals surface area contributed by atoms with Gasteiger partial charge in [-0.05, 0) is 18.6 Å². The Kier molecular flexibility index (Phi) is 3.84. The van der Waals surface area contributed by atoms with E-state index in [1.54, 1.807) is 0 Å². The molecule has 0 saturated heterocycles. The lowest BCUT2D eigenvalue weighted by atomic mass is 10.2. The van der Waals surface area contributed by atoms with Gasteiger partial charge in [0.15, 0.2) is 5.01 Å². The molecular weight excluding hydrogens is 310 g/mol. The fourth-order valence-corrected chi connectivity index (χ4v) is 2.86. The molecule has 0 bridgehead atoms. The minimum atomic E-state index is -2.68. The van der Waals surface area contributed by atoms with Gasteiger partial charge in [0, 0.05) is 17.1 Å². The number of rotatable bonds is 4. The highest BCUT2D eigenvalue weighted by Gasteiger charge is 2.16. The van der Waals surface area contributed by atoms with Crippen LogP contribution in [0, 0.1) is 6.92 Å². The first-order valence-electron chi connectivity index (χ1n) is 6.50. The molecule has 2 heterocycles. The molecule has 0 aliphatic rings. The topological polar surface area (TPSA) is 59.8 Å². The normalized spacial score (nSPS) is 11.3. The average Bonchev–Trinajstić information content (AvgIpc) is 3.06. The van der Waals surface area contributed by atoms with Crippen LogP contribution in [0.4, 0.5) is 13.9 Å². The quantitative estimate of drug-likeness (QED) is 0.801. The Bertz CT molecular complexity index is 827. The zero-order valence-corrected chi connectivity index (χ0v) is 12.4. The lowest BCUT2D eigenvalue weighted by Gasteiger charge is -2.04. The maximum atomic E-state index is 12.4. The Morgan fingerprint density at radius 3 is 2.86 bits per heavy atom. The third-order valence-electron chi connectivity index (χ3n) is 3.18. The minimum absolute atomic E-state index is 0.0773. The van der Waals surface area contributed by atoms with Gasteiger partial charge in [0.1, 0.15) is 6.54 Å². The molecule has 0 saturated carbocycles. The zero-order chi connectivity index (χ0) is 15.7. The third kappa shape index (κ3) is 2.82. The number of carbonyl (C=O) groups is 1. The molecule has 1 N–H and O–H groups in total. The number of carbonyl (C=O) groups excluding carboxylic acids is 1. The number of aromatic nitrogens is 3. The van der Waals surface area contributed by atoms with E-state index in [1.165, 1.54) is 0 Å². The van der Waals surface area contributed by atoms with Gasteiger partial charge in [0.05, 0.1) is 0 Å². The van der Waals surface area contributed by atoms with E-state index in [0.29, 0.717) is 11.3 Å². The molecule has 0 spiro atoms. The van der Waals surface area contributed by atoms with Crippen molar-refractivity contribution >= 4 is 33.3 Å². The third-order valence-corrected chi connectivity index (χ3v) is 4.02. The van der Waals surface area contributed by atoms with Crippen molar-refractivity contribution < 1.29 is 13.6 Å². The smallest absolute Gasteiger partial charge is 0.291 e. The van der Waals surface area contributed by atoms with Crippen molar-refractivity contribution in [1.82, 2.24) is 14.8 Å². The molecule has 3 rings (SSSR count). The molecule has 22 heavy (non-hydrogen) atoms. The molecule has 114 valence electrons. The summed E-state index contributed by atoms with van der Waals surface area (Å²) in [5.74, 6) is -0.335. The number of aryl methyl sites for hydroxylation is 1. The Labute approximate surface area is 128 Å². The van der Waals surface area contributed by atoms with Gasteiger partial charge >= 0.3 is 0 Å². The van der Waals surface area contributed by atoms with Crippen LogP contribution in [0.1, 0.15) is 17.0 Å². The van der Waals surface area contributed by atoms with Crippen LogP contribution in [0.3, 0.4) is 0 Å². The largest absolute Gasteiger partial charge is 0.338 e. The number of alkyl halides is 2. The average molecular weight is 322 g/mol. The summed E-state index contributed by atoms with van der Waals surface area (Å²) in [7, 11) is 0. The second-order valence-corrected chi connectivity index (χ2v) is 5.76. The summed E-state index contributed by atoms with van der Waals surface area (Å²) in [6.45, 7) is 2.05. The lowest BCUT2D eigenvalue weighted by molar-refractivity contribution is -0.116. The van der Waals surface area contributed by atoms with Crippen LogP contribution in [0.15, 0.2) is 30.5 Å². The van der Waals surface area contributed by atoms with Crippen LogP contribution >= 0.6 is 11.3 Å². The molecule has 0 aliphatic carbocycles. The molecule has 0 aliphatic heterocycles. The van der Waals surface area contributed by atoms with Crippen LogP contribution in [0.2, 0.25) is 0 Å². The summed E-state index contributed by atoms with van der Waals surface area (Å²) in [4.78, 5) is 12.0. The summed E-state index contributed by atoms with van der Waals surface area (Å²) in [5.41, 5.74) is 2.01. The summed E-state index contributed by atoms with van der Waals surface area (Å²) in [6, 6.07) is 7.75. The van der Waals surface area contributed by atoms with Crippen molar-refractivity contribution in [1.29, 1.82) is 0 Å². The molecule has 2 aromatic heterocycles. The monoisotopic (exact) mass is 322 g/mol. The number of anilines is 1. The van der Waals surface area contributed by atoms with E-state index in [-0.39, 0.29) is 17.6 Å². The highest BCUT2D eigenvalue weighted by molar-refractivity contribution is 7.15. The molecule has 1 amide bonds. The molecule has 8 heteroatoms. The summed E-state index contributed by atoms with van der Waals surface area (Å²) in [6.07, 6.45) is -0.797. The fourth-order valence-electron chi connectivity index (χ4n) is 2.25. The summed E-state index contributed by atoms with van der Waals surface area (Å²) < 4.78 is 26.7. The maximum Gasteiger partial charge on any atom is 0.291 e. The second kappa shape index (κ2) is 5.80. The first-order valence-corrected chi connectivity index (χ1v) is 7.32. The van der Waals surface area contributed by atoms with Gasteiger partial charge in [-0.25, -0.2) is 8.78 Å². The van der Waals surface area contributed by atoms with Gasteiger partial charge in [0.25, 0.3) is 6.43 Å². The van der Waals surface area contributed by atoms with Crippen molar-refractivity contribution in [3.05, 3.63) is 41.0 Å². The number of fused-ring (bicyclic) bond motifs is 1. The van der Waals surface area contributed by atoms with Crippen LogP contribution in [0.25, 0.3) is 10.9 Å². The molecule has 0 radical (unpaired) electrons. The zero-order valence-electron chi connectivity index (χ0n) is 11.6. The molecule has 1 aromatic carbocycles. The Morgan fingerprint density at radius 2 is 2.14 bits per heavy atom. The number of benzene rings is 1. The molecule has 0 atom stereocenters. The number of hydrogen-bond acceptors (Lipinski definition) is 4. The van der Waals surface area contributed by atoms with Gasteiger partial charge in [-0.2, -0.15) is 0 Å². The Balaban J connectivity index is 1.75. The number of halogens is 2. The van der Waals surface area contributed by atoms with Crippen LogP contribution in [-0.4, -0.2) is 20.7 Å². The van der Waals surface area contributed by atoms with Gasteiger partial charge in [-0.15, -0.1) is 10.2 Å². The first-order chi connectivity index (χ1) is 10.5. The van der Waals surface area contributed by atoms with E-state index in [0.717, 1.165) is 16.5 Å². The van der Waals surface area contributed by atoms with Gasteiger partial charge in [-0.1, -0.05) is 29.5 Å². The second-order valence-electron chi connectivity index (χ2n) is 4.75. The molecule has 0 fully saturated rings.